The lowest BCUT2D eigenvalue weighted by atomic mass is 9.98. The van der Waals surface area contributed by atoms with Crippen molar-refractivity contribution < 1.29 is 13.7 Å². The summed E-state index contributed by atoms with van der Waals surface area (Å²) in [6.07, 6.45) is 0. The van der Waals surface area contributed by atoms with Gasteiger partial charge in [-0.1, -0.05) is 42.5 Å². The lowest BCUT2D eigenvalue weighted by Crippen LogP contribution is -2.36. The van der Waals surface area contributed by atoms with Gasteiger partial charge in [-0.2, -0.15) is 0 Å². The predicted octanol–water partition coefficient (Wildman–Crippen LogP) is 4.78. The van der Waals surface area contributed by atoms with Gasteiger partial charge in [0.1, 0.15) is 5.60 Å². The molecule has 0 unspecified atom stereocenters. The summed E-state index contributed by atoms with van der Waals surface area (Å²) in [5.74, 6) is -0.350. The largest absolute Gasteiger partial charge is 0.456 e. The highest BCUT2D eigenvalue weighted by molar-refractivity contribution is 7.84. The van der Waals surface area contributed by atoms with Gasteiger partial charge in [0.25, 0.3) is 0 Å². The fraction of sp³-hybridized carbons (Fsp3) is 0.409. The topological polar surface area (TPSA) is 55.4 Å². The molecule has 1 N–H and O–H groups in total. The van der Waals surface area contributed by atoms with Crippen LogP contribution in [0.5, 0.6) is 0 Å². The van der Waals surface area contributed by atoms with Crippen molar-refractivity contribution in [2.75, 3.05) is 0 Å². The van der Waals surface area contributed by atoms with Crippen LogP contribution in [0.3, 0.4) is 0 Å². The Hall–Kier alpha value is -1.98. The van der Waals surface area contributed by atoms with Crippen LogP contribution in [0.2, 0.25) is 0 Å². The molecule has 4 nitrogen and oxygen atoms in total. The van der Waals surface area contributed by atoms with Crippen LogP contribution in [-0.4, -0.2) is 20.5 Å². The molecule has 5 heteroatoms. The molecule has 0 aliphatic heterocycles. The van der Waals surface area contributed by atoms with Gasteiger partial charge in [0.15, 0.2) is 0 Å². The molecule has 0 aliphatic carbocycles. The summed E-state index contributed by atoms with van der Waals surface area (Å²) in [7, 11) is -1.24. The minimum Gasteiger partial charge on any atom is -0.456 e. The first-order valence-electron chi connectivity index (χ1n) is 9.04. The highest BCUT2D eigenvalue weighted by Crippen LogP contribution is 2.25. The molecular weight excluding hydrogens is 358 g/mol. The Morgan fingerprint density at radius 3 is 1.89 bits per heavy atom. The molecular formula is C22H29NO3S. The smallest absolute Gasteiger partial charge is 0.338 e. The van der Waals surface area contributed by atoms with Gasteiger partial charge in [-0.05, 0) is 64.8 Å². The minimum absolute atomic E-state index is 0.237. The van der Waals surface area contributed by atoms with E-state index in [1.165, 1.54) is 0 Å². The Labute approximate surface area is 164 Å². The second-order valence-electron chi connectivity index (χ2n) is 8.47. The van der Waals surface area contributed by atoms with Crippen LogP contribution in [0.15, 0.2) is 54.6 Å². The first-order chi connectivity index (χ1) is 12.5. The van der Waals surface area contributed by atoms with E-state index < -0.39 is 16.6 Å². The van der Waals surface area contributed by atoms with E-state index in [2.05, 4.69) is 4.72 Å². The summed E-state index contributed by atoms with van der Waals surface area (Å²) in [4.78, 5) is 12.2. The molecule has 0 saturated heterocycles. The van der Waals surface area contributed by atoms with Crippen LogP contribution in [0.1, 0.15) is 69.1 Å². The molecule has 0 spiro atoms. The number of nitrogens with one attached hydrogen (secondary N) is 1. The Morgan fingerprint density at radius 1 is 0.889 bits per heavy atom. The van der Waals surface area contributed by atoms with Crippen LogP contribution in [0.4, 0.5) is 0 Å². The quantitative estimate of drug-likeness (QED) is 0.751. The lowest BCUT2D eigenvalue weighted by molar-refractivity contribution is 0.00695. The Balaban J connectivity index is 2.31. The van der Waals surface area contributed by atoms with E-state index in [0.717, 1.165) is 11.1 Å². The monoisotopic (exact) mass is 387 g/mol. The molecule has 0 fully saturated rings. The van der Waals surface area contributed by atoms with Crippen molar-refractivity contribution in [1.29, 1.82) is 0 Å². The van der Waals surface area contributed by atoms with Crippen molar-refractivity contribution >= 4 is 17.0 Å². The molecule has 27 heavy (non-hydrogen) atoms. The number of hydrogen-bond acceptors (Lipinski definition) is 3. The maximum absolute atomic E-state index is 12.7. The molecule has 0 aliphatic rings. The number of esters is 1. The molecule has 0 aromatic heterocycles. The number of ether oxygens (including phenoxy) is 1. The van der Waals surface area contributed by atoms with E-state index in [4.69, 9.17) is 4.74 Å². The fourth-order valence-corrected chi connectivity index (χ4v) is 3.25. The Kier molecular flexibility index (Phi) is 6.60. The summed E-state index contributed by atoms with van der Waals surface area (Å²) in [5, 5.41) is 0. The van der Waals surface area contributed by atoms with E-state index in [0.29, 0.717) is 5.56 Å². The van der Waals surface area contributed by atoms with Gasteiger partial charge < -0.3 is 4.74 Å². The zero-order valence-electron chi connectivity index (χ0n) is 16.9. The van der Waals surface area contributed by atoms with Crippen LogP contribution in [-0.2, 0) is 15.7 Å². The number of carbonyl (C=O) groups excluding carboxylic acids is 1. The summed E-state index contributed by atoms with van der Waals surface area (Å²) >= 11 is 0. The van der Waals surface area contributed by atoms with Gasteiger partial charge >= 0.3 is 5.97 Å². The third-order valence-electron chi connectivity index (χ3n) is 3.79. The summed E-state index contributed by atoms with van der Waals surface area (Å²) in [6, 6.07) is 16.9. The van der Waals surface area contributed by atoms with Crippen molar-refractivity contribution in [2.45, 2.75) is 57.9 Å². The van der Waals surface area contributed by atoms with Crippen molar-refractivity contribution in [2.24, 2.45) is 0 Å². The van der Waals surface area contributed by atoms with Crippen molar-refractivity contribution in [3.8, 4) is 0 Å². The zero-order valence-corrected chi connectivity index (χ0v) is 17.7. The fourth-order valence-electron chi connectivity index (χ4n) is 2.41. The number of benzene rings is 2. The molecule has 146 valence electrons. The first kappa shape index (κ1) is 21.3. The molecule has 2 rings (SSSR count). The lowest BCUT2D eigenvalue weighted by Gasteiger charge is -2.25. The normalized spacial score (nSPS) is 14.4. The molecule has 2 atom stereocenters. The minimum atomic E-state index is -1.24. The summed E-state index contributed by atoms with van der Waals surface area (Å²) in [6.45, 7) is 11.3. The van der Waals surface area contributed by atoms with Gasteiger partial charge in [-0.15, -0.1) is 0 Å². The van der Waals surface area contributed by atoms with E-state index >= 15 is 0 Å². The SMILES string of the molecule is CC(C)(C)OC(=O)c1ccc([C@H](N[S@@](=O)C(C)(C)C)c2ccccc2)cc1. The second-order valence-corrected chi connectivity index (χ2v) is 10.5. The summed E-state index contributed by atoms with van der Waals surface area (Å²) in [5.41, 5.74) is 1.91. The molecule has 0 heterocycles. The van der Waals surface area contributed by atoms with E-state index in [9.17, 15) is 9.00 Å². The molecule has 2 aromatic carbocycles. The highest BCUT2D eigenvalue weighted by Gasteiger charge is 2.25. The van der Waals surface area contributed by atoms with Crippen LogP contribution >= 0.6 is 0 Å². The van der Waals surface area contributed by atoms with Crippen LogP contribution in [0.25, 0.3) is 0 Å². The average molecular weight is 388 g/mol. The maximum Gasteiger partial charge on any atom is 0.338 e. The number of hydrogen-bond donors (Lipinski definition) is 1. The van der Waals surface area contributed by atoms with Gasteiger partial charge in [-0.25, -0.2) is 13.7 Å². The standard InChI is InChI=1S/C22H29NO3S/c1-21(2,3)26-20(24)18-14-12-17(13-15-18)19(16-10-8-7-9-11-16)23-27(25)22(4,5)6/h7-15,19,23H,1-6H3/t19-,27+/m1/s1. The van der Waals surface area contributed by atoms with Crippen molar-refractivity contribution in [1.82, 2.24) is 4.72 Å². The zero-order chi connectivity index (χ0) is 20.2. The third-order valence-corrected chi connectivity index (χ3v) is 5.35. The third kappa shape index (κ3) is 6.29. The molecule has 0 bridgehead atoms. The van der Waals surface area contributed by atoms with Crippen molar-refractivity contribution in [3.05, 3.63) is 71.3 Å². The van der Waals surface area contributed by atoms with E-state index in [1.807, 2.05) is 84.0 Å². The molecule has 0 radical (unpaired) electrons. The van der Waals surface area contributed by atoms with Gasteiger partial charge in [0, 0.05) is 0 Å². The van der Waals surface area contributed by atoms with Gasteiger partial charge in [0.2, 0.25) is 0 Å². The van der Waals surface area contributed by atoms with Crippen LogP contribution < -0.4 is 4.72 Å². The Bertz CT molecular complexity index is 787. The van der Waals surface area contributed by atoms with Gasteiger partial charge in [-0.3, -0.25) is 0 Å². The van der Waals surface area contributed by atoms with E-state index in [-0.39, 0.29) is 16.8 Å². The van der Waals surface area contributed by atoms with Gasteiger partial charge in [0.05, 0.1) is 27.3 Å². The van der Waals surface area contributed by atoms with Crippen molar-refractivity contribution in [3.63, 3.8) is 0 Å². The predicted molar refractivity (Wildman–Crippen MR) is 111 cm³/mol. The highest BCUT2D eigenvalue weighted by atomic mass is 32.2. The van der Waals surface area contributed by atoms with Crippen LogP contribution in [0, 0.1) is 0 Å². The van der Waals surface area contributed by atoms with E-state index in [1.54, 1.807) is 12.1 Å². The Morgan fingerprint density at radius 2 is 1.41 bits per heavy atom. The second kappa shape index (κ2) is 8.36. The maximum atomic E-state index is 12.7. The number of rotatable bonds is 5. The molecule has 2 aromatic rings. The average Bonchev–Trinajstić information content (AvgIpc) is 2.58. The first-order valence-corrected chi connectivity index (χ1v) is 10.2. The summed E-state index contributed by atoms with van der Waals surface area (Å²) < 4.78 is 20.9. The molecule has 0 amide bonds. The number of carbonyl (C=O) groups is 1. The molecule has 0 saturated carbocycles.